The SMILES string of the molecule is COC(=O)c1ccc(COC(=O)CNC(=O)c2ccc(C)s2)o1. The van der Waals surface area contributed by atoms with Crippen LogP contribution in [0.1, 0.15) is 30.9 Å². The molecular weight excluding hydrogens is 322 g/mol. The van der Waals surface area contributed by atoms with Crippen molar-refractivity contribution in [2.45, 2.75) is 13.5 Å². The Bertz CT molecular complexity index is 717. The Morgan fingerprint density at radius 2 is 2.00 bits per heavy atom. The van der Waals surface area contributed by atoms with Gasteiger partial charge in [-0.3, -0.25) is 9.59 Å². The molecule has 0 spiro atoms. The first-order valence-electron chi connectivity index (χ1n) is 6.67. The average molecular weight is 337 g/mol. The van der Waals surface area contributed by atoms with Crippen molar-refractivity contribution in [3.63, 3.8) is 0 Å². The van der Waals surface area contributed by atoms with Crippen molar-refractivity contribution in [3.8, 4) is 0 Å². The van der Waals surface area contributed by atoms with Crippen LogP contribution in [0.5, 0.6) is 0 Å². The lowest BCUT2D eigenvalue weighted by atomic mass is 10.4. The van der Waals surface area contributed by atoms with Crippen LogP contribution in [0.15, 0.2) is 28.7 Å². The van der Waals surface area contributed by atoms with Crippen molar-refractivity contribution in [2.75, 3.05) is 13.7 Å². The summed E-state index contributed by atoms with van der Waals surface area (Å²) in [6.45, 7) is 1.51. The number of esters is 2. The summed E-state index contributed by atoms with van der Waals surface area (Å²) in [6.07, 6.45) is 0. The minimum absolute atomic E-state index is 0.0277. The van der Waals surface area contributed by atoms with Crippen LogP contribution in [0.2, 0.25) is 0 Å². The van der Waals surface area contributed by atoms with Crippen LogP contribution in [-0.4, -0.2) is 31.5 Å². The number of thiophene rings is 1. The first-order chi connectivity index (χ1) is 11.0. The maximum absolute atomic E-state index is 11.8. The predicted molar refractivity (Wildman–Crippen MR) is 81.2 cm³/mol. The third-order valence-electron chi connectivity index (χ3n) is 2.78. The summed E-state index contributed by atoms with van der Waals surface area (Å²) in [4.78, 5) is 36.1. The number of methoxy groups -OCH3 is 1. The summed E-state index contributed by atoms with van der Waals surface area (Å²) in [6, 6.07) is 6.45. The minimum atomic E-state index is -0.610. The Hall–Kier alpha value is -2.61. The number of hydrogen-bond donors (Lipinski definition) is 1. The number of hydrogen-bond acceptors (Lipinski definition) is 7. The highest BCUT2D eigenvalue weighted by Crippen LogP contribution is 2.14. The molecule has 0 aromatic carbocycles. The number of carbonyl (C=O) groups excluding carboxylic acids is 3. The fraction of sp³-hybridized carbons (Fsp3) is 0.267. The number of aryl methyl sites for hydroxylation is 1. The molecule has 0 aliphatic heterocycles. The van der Waals surface area contributed by atoms with Gasteiger partial charge in [-0.2, -0.15) is 0 Å². The summed E-state index contributed by atoms with van der Waals surface area (Å²) in [5.74, 6) is -1.21. The van der Waals surface area contributed by atoms with Gasteiger partial charge in [-0.25, -0.2) is 4.79 Å². The molecule has 2 heterocycles. The molecule has 2 aromatic rings. The summed E-state index contributed by atoms with van der Waals surface area (Å²) in [5, 5.41) is 2.47. The summed E-state index contributed by atoms with van der Waals surface area (Å²) in [5.41, 5.74) is 0. The van der Waals surface area contributed by atoms with Gasteiger partial charge in [0.15, 0.2) is 0 Å². The van der Waals surface area contributed by atoms with Crippen LogP contribution in [0.25, 0.3) is 0 Å². The molecule has 23 heavy (non-hydrogen) atoms. The quantitative estimate of drug-likeness (QED) is 0.809. The van der Waals surface area contributed by atoms with Gasteiger partial charge in [0.2, 0.25) is 5.76 Å². The second-order valence-corrected chi connectivity index (χ2v) is 5.80. The highest BCUT2D eigenvalue weighted by atomic mass is 32.1. The smallest absolute Gasteiger partial charge is 0.373 e. The number of amides is 1. The lowest BCUT2D eigenvalue weighted by Gasteiger charge is -2.04. The first-order valence-corrected chi connectivity index (χ1v) is 7.48. The Balaban J connectivity index is 1.76. The van der Waals surface area contributed by atoms with E-state index in [9.17, 15) is 14.4 Å². The second kappa shape index (κ2) is 7.59. The molecule has 0 radical (unpaired) electrons. The van der Waals surface area contributed by atoms with Gasteiger partial charge in [-0.15, -0.1) is 11.3 Å². The maximum atomic E-state index is 11.8. The number of rotatable bonds is 6. The van der Waals surface area contributed by atoms with Crippen molar-refractivity contribution in [2.24, 2.45) is 0 Å². The second-order valence-electron chi connectivity index (χ2n) is 4.51. The molecule has 7 nitrogen and oxygen atoms in total. The van der Waals surface area contributed by atoms with Gasteiger partial charge < -0.3 is 19.2 Å². The largest absolute Gasteiger partial charge is 0.463 e. The molecule has 122 valence electrons. The van der Waals surface area contributed by atoms with Gasteiger partial charge >= 0.3 is 11.9 Å². The van der Waals surface area contributed by atoms with Crippen molar-refractivity contribution in [1.29, 1.82) is 0 Å². The Morgan fingerprint density at radius 1 is 1.22 bits per heavy atom. The molecule has 0 saturated heterocycles. The van der Waals surface area contributed by atoms with Crippen molar-refractivity contribution >= 4 is 29.2 Å². The van der Waals surface area contributed by atoms with Gasteiger partial charge in [-0.05, 0) is 31.2 Å². The van der Waals surface area contributed by atoms with Gasteiger partial charge in [0.1, 0.15) is 18.9 Å². The van der Waals surface area contributed by atoms with E-state index >= 15 is 0 Å². The van der Waals surface area contributed by atoms with E-state index in [2.05, 4.69) is 10.1 Å². The molecule has 8 heteroatoms. The maximum Gasteiger partial charge on any atom is 0.373 e. The zero-order valence-electron chi connectivity index (χ0n) is 12.6. The van der Waals surface area contributed by atoms with Crippen LogP contribution in [-0.2, 0) is 20.9 Å². The Morgan fingerprint density at radius 3 is 2.65 bits per heavy atom. The molecule has 0 unspecified atom stereocenters. The molecule has 0 saturated carbocycles. The third kappa shape index (κ3) is 4.68. The topological polar surface area (TPSA) is 94.8 Å². The first kappa shape index (κ1) is 16.8. The number of ether oxygens (including phenoxy) is 2. The monoisotopic (exact) mass is 337 g/mol. The van der Waals surface area contributed by atoms with Crippen LogP contribution in [0.3, 0.4) is 0 Å². The molecule has 0 fully saturated rings. The predicted octanol–water partition coefficient (Wildman–Crippen LogP) is 1.91. The molecule has 2 aromatic heterocycles. The van der Waals surface area contributed by atoms with Crippen LogP contribution in [0, 0.1) is 6.92 Å². The van der Waals surface area contributed by atoms with E-state index < -0.39 is 11.9 Å². The van der Waals surface area contributed by atoms with Gasteiger partial charge in [0.05, 0.1) is 12.0 Å². The van der Waals surface area contributed by atoms with Crippen molar-refractivity contribution in [1.82, 2.24) is 5.32 Å². The van der Waals surface area contributed by atoms with Gasteiger partial charge in [-0.1, -0.05) is 0 Å². The fourth-order valence-corrected chi connectivity index (χ4v) is 2.45. The molecule has 0 bridgehead atoms. The number of nitrogens with one attached hydrogen (secondary N) is 1. The van der Waals surface area contributed by atoms with E-state index in [1.807, 2.05) is 13.0 Å². The van der Waals surface area contributed by atoms with E-state index in [0.717, 1.165) is 4.88 Å². The van der Waals surface area contributed by atoms with E-state index in [0.29, 0.717) is 10.6 Å². The Kier molecular flexibility index (Phi) is 5.53. The molecule has 0 aliphatic carbocycles. The highest BCUT2D eigenvalue weighted by Gasteiger charge is 2.13. The Labute approximate surface area is 136 Å². The molecule has 1 N–H and O–H groups in total. The van der Waals surface area contributed by atoms with E-state index in [4.69, 9.17) is 9.15 Å². The summed E-state index contributed by atoms with van der Waals surface area (Å²) < 4.78 is 14.6. The molecule has 1 amide bonds. The van der Waals surface area contributed by atoms with Crippen LogP contribution in [0.4, 0.5) is 0 Å². The van der Waals surface area contributed by atoms with Gasteiger partial charge in [0, 0.05) is 4.88 Å². The standard InChI is InChI=1S/C15H15NO6S/c1-9-3-6-12(23-9)14(18)16-7-13(17)21-8-10-4-5-11(22-10)15(19)20-2/h3-6H,7-8H2,1-2H3,(H,16,18). The fourth-order valence-electron chi connectivity index (χ4n) is 1.66. The van der Waals surface area contributed by atoms with Gasteiger partial charge in [0.25, 0.3) is 5.91 Å². The normalized spacial score (nSPS) is 10.2. The molecule has 2 rings (SSSR count). The molecule has 0 aliphatic rings. The number of carbonyl (C=O) groups is 3. The zero-order valence-corrected chi connectivity index (χ0v) is 13.4. The summed E-state index contributed by atoms with van der Waals surface area (Å²) >= 11 is 1.34. The molecule has 0 atom stereocenters. The van der Waals surface area contributed by atoms with Crippen molar-refractivity contribution in [3.05, 3.63) is 45.5 Å². The van der Waals surface area contributed by atoms with Crippen LogP contribution >= 0.6 is 11.3 Å². The zero-order chi connectivity index (χ0) is 16.8. The van der Waals surface area contributed by atoms with E-state index in [1.54, 1.807) is 6.07 Å². The van der Waals surface area contributed by atoms with Crippen LogP contribution < -0.4 is 5.32 Å². The average Bonchev–Trinajstić information content (AvgIpc) is 3.18. The lowest BCUT2D eigenvalue weighted by molar-refractivity contribution is -0.144. The van der Waals surface area contributed by atoms with E-state index in [-0.39, 0.29) is 24.8 Å². The number of furan rings is 1. The van der Waals surface area contributed by atoms with Crippen molar-refractivity contribution < 1.29 is 28.3 Å². The third-order valence-corrected chi connectivity index (χ3v) is 3.78. The highest BCUT2D eigenvalue weighted by molar-refractivity contribution is 7.13. The minimum Gasteiger partial charge on any atom is -0.463 e. The molecular formula is C15H15NO6S. The van der Waals surface area contributed by atoms with E-state index in [1.165, 1.54) is 30.6 Å². The lowest BCUT2D eigenvalue weighted by Crippen LogP contribution is -2.30. The summed E-state index contributed by atoms with van der Waals surface area (Å²) in [7, 11) is 1.24.